The quantitative estimate of drug-likeness (QED) is 0.257. The van der Waals surface area contributed by atoms with Gasteiger partial charge in [0.05, 0.1) is 6.61 Å². The molecule has 0 spiro atoms. The van der Waals surface area contributed by atoms with Crippen LogP contribution in [0.4, 0.5) is 0 Å². The first-order valence-electron chi connectivity index (χ1n) is 9.77. The van der Waals surface area contributed by atoms with E-state index in [0.717, 1.165) is 18.2 Å². The first-order chi connectivity index (χ1) is 15.6. The summed E-state index contributed by atoms with van der Waals surface area (Å²) in [6.45, 7) is -0.691. The molecule has 0 aromatic heterocycles. The molecule has 2 aliphatic heterocycles. The third-order valence-electron chi connectivity index (χ3n) is 5.39. The number of aromatic hydroxyl groups is 3. The van der Waals surface area contributed by atoms with Gasteiger partial charge in [0, 0.05) is 23.3 Å². The highest BCUT2D eigenvalue weighted by Gasteiger charge is 2.45. The van der Waals surface area contributed by atoms with Crippen LogP contribution in [-0.4, -0.2) is 89.4 Å². The van der Waals surface area contributed by atoms with Crippen molar-refractivity contribution in [1.82, 2.24) is 0 Å². The van der Waals surface area contributed by atoms with Gasteiger partial charge in [0.1, 0.15) is 42.0 Å². The molecule has 1 fully saturated rings. The molecule has 2 heterocycles. The highest BCUT2D eigenvalue weighted by Crippen LogP contribution is 2.42. The van der Waals surface area contributed by atoms with Crippen molar-refractivity contribution in [3.05, 3.63) is 58.8 Å². The molecule has 0 bridgehead atoms. The van der Waals surface area contributed by atoms with E-state index in [1.807, 2.05) is 0 Å². The summed E-state index contributed by atoms with van der Waals surface area (Å²) in [5.74, 6) is -3.16. The minimum atomic E-state index is -1.76. The largest absolute Gasteiger partial charge is 0.508 e. The third-order valence-corrected chi connectivity index (χ3v) is 5.39. The Labute approximate surface area is 186 Å². The summed E-state index contributed by atoms with van der Waals surface area (Å²) < 4.78 is 16.8. The van der Waals surface area contributed by atoms with Crippen molar-refractivity contribution >= 4 is 5.76 Å². The van der Waals surface area contributed by atoms with E-state index < -0.39 is 60.7 Å². The summed E-state index contributed by atoms with van der Waals surface area (Å²) in [5.41, 5.74) is 0.142. The molecule has 3 aliphatic rings. The van der Waals surface area contributed by atoms with Crippen LogP contribution in [0, 0.1) is 0 Å². The van der Waals surface area contributed by atoms with Crippen molar-refractivity contribution in [2.75, 3.05) is 6.61 Å². The van der Waals surface area contributed by atoms with E-state index in [4.69, 9.17) is 14.2 Å². The molecule has 4 rings (SSSR count). The summed E-state index contributed by atoms with van der Waals surface area (Å²) in [4.78, 5) is 0. The van der Waals surface area contributed by atoms with Gasteiger partial charge in [0.15, 0.2) is 28.8 Å². The van der Waals surface area contributed by atoms with Gasteiger partial charge in [0.2, 0.25) is 6.29 Å². The first kappa shape index (κ1) is 22.8. The maximum atomic E-state index is 10.3. The predicted molar refractivity (Wildman–Crippen MR) is 108 cm³/mol. The predicted octanol–water partition coefficient (Wildman–Crippen LogP) is -0.489. The van der Waals surface area contributed by atoms with Crippen molar-refractivity contribution < 1.29 is 60.2 Å². The molecule has 12 heteroatoms. The number of phenols is 3. The maximum Gasteiger partial charge on any atom is 0.229 e. The molecular weight excluding hydrogens is 444 g/mol. The average molecular weight is 466 g/mol. The molecule has 0 saturated carbocycles. The molecule has 1 aromatic rings. The third kappa shape index (κ3) is 4.05. The zero-order valence-corrected chi connectivity index (χ0v) is 16.8. The van der Waals surface area contributed by atoms with Gasteiger partial charge >= 0.3 is 0 Å². The van der Waals surface area contributed by atoms with E-state index in [1.54, 1.807) is 0 Å². The lowest BCUT2D eigenvalue weighted by molar-refractivity contribution is -0.290. The standard InChI is InChI=1S/C21H22O12/c22-6-15-17(28)18(29)19(30)21(33-15)32-14-5-9-10(24)3-8(23)4-13(9)31-20(14)7-1-11(25)16(27)12(26)2-7/h1-5,13,15,17-19,21-30H,6H2/t13?,15-,17+,18+,19-,21-/m1/s1. The molecule has 0 radical (unpaired) electrons. The van der Waals surface area contributed by atoms with Gasteiger partial charge in [-0.15, -0.1) is 0 Å². The van der Waals surface area contributed by atoms with Gasteiger partial charge in [-0.3, -0.25) is 0 Å². The number of allylic oxidation sites excluding steroid dienone is 2. The number of rotatable bonds is 4. The van der Waals surface area contributed by atoms with E-state index >= 15 is 0 Å². The number of aliphatic hydroxyl groups is 6. The van der Waals surface area contributed by atoms with Crippen molar-refractivity contribution in [1.29, 1.82) is 0 Å². The van der Waals surface area contributed by atoms with E-state index in [9.17, 15) is 46.0 Å². The van der Waals surface area contributed by atoms with E-state index in [-0.39, 0.29) is 34.2 Å². The molecule has 33 heavy (non-hydrogen) atoms. The smallest absolute Gasteiger partial charge is 0.229 e. The van der Waals surface area contributed by atoms with Crippen LogP contribution < -0.4 is 0 Å². The van der Waals surface area contributed by atoms with E-state index in [1.165, 1.54) is 12.2 Å². The number of hydrogen-bond donors (Lipinski definition) is 9. The van der Waals surface area contributed by atoms with Crippen molar-refractivity contribution in [3.8, 4) is 17.2 Å². The maximum absolute atomic E-state index is 10.3. The van der Waals surface area contributed by atoms with Gasteiger partial charge in [0.25, 0.3) is 0 Å². The summed E-state index contributed by atoms with van der Waals surface area (Å²) in [5, 5.41) is 89.2. The minimum Gasteiger partial charge on any atom is -0.508 e. The topological polar surface area (TPSA) is 210 Å². The van der Waals surface area contributed by atoms with Gasteiger partial charge < -0.3 is 60.2 Å². The summed E-state index contributed by atoms with van der Waals surface area (Å²) in [6.07, 6.45) is -5.38. The van der Waals surface area contributed by atoms with Crippen molar-refractivity contribution in [3.63, 3.8) is 0 Å². The average Bonchev–Trinajstić information content (AvgIpc) is 2.77. The van der Waals surface area contributed by atoms with Crippen LogP contribution in [0.25, 0.3) is 5.76 Å². The fourth-order valence-electron chi connectivity index (χ4n) is 3.63. The normalized spacial score (nSPS) is 31.7. The molecule has 1 aromatic carbocycles. The number of ether oxygens (including phenoxy) is 3. The Hall–Kier alpha value is -3.42. The van der Waals surface area contributed by atoms with Gasteiger partial charge in [-0.1, -0.05) is 0 Å². The van der Waals surface area contributed by atoms with Crippen LogP contribution in [0.1, 0.15) is 5.56 Å². The van der Waals surface area contributed by atoms with Crippen molar-refractivity contribution in [2.45, 2.75) is 36.8 Å². The highest BCUT2D eigenvalue weighted by atomic mass is 16.7. The second-order valence-electron chi connectivity index (χ2n) is 7.63. The van der Waals surface area contributed by atoms with Gasteiger partial charge in [-0.2, -0.15) is 0 Å². The summed E-state index contributed by atoms with van der Waals surface area (Å²) in [6, 6.07) is 2.09. The van der Waals surface area contributed by atoms with Crippen LogP contribution in [0.5, 0.6) is 17.2 Å². The number of aliphatic hydroxyl groups excluding tert-OH is 6. The SMILES string of the molecule is OC[C@H]1O[C@@H](OC2=C(c3cc(O)c(O)c(O)c3)OC3C=C(O)C=C(O)C3=C2)[C@H](O)[C@@H](O)[C@H]1O. The van der Waals surface area contributed by atoms with Gasteiger partial charge in [-0.05, 0) is 18.2 Å². The molecule has 1 aliphatic carbocycles. The lowest BCUT2D eigenvalue weighted by Crippen LogP contribution is -2.59. The first-order valence-corrected chi connectivity index (χ1v) is 9.77. The number of phenolic OH excluding ortho intramolecular Hbond substituents is 3. The summed E-state index contributed by atoms with van der Waals surface area (Å²) in [7, 11) is 0. The van der Waals surface area contributed by atoms with Crippen LogP contribution in [0.3, 0.4) is 0 Å². The Morgan fingerprint density at radius 2 is 1.55 bits per heavy atom. The number of fused-ring (bicyclic) bond motifs is 1. The van der Waals surface area contributed by atoms with Crippen LogP contribution >= 0.6 is 0 Å². The number of hydrogen-bond acceptors (Lipinski definition) is 12. The molecule has 1 saturated heterocycles. The van der Waals surface area contributed by atoms with Crippen LogP contribution in [0.15, 0.2) is 53.2 Å². The zero-order valence-electron chi connectivity index (χ0n) is 16.8. The molecule has 1 unspecified atom stereocenters. The fraction of sp³-hybridized carbons (Fsp3) is 0.333. The molecule has 6 atom stereocenters. The monoisotopic (exact) mass is 466 g/mol. The molecule has 9 N–H and O–H groups in total. The molecule has 178 valence electrons. The zero-order chi connectivity index (χ0) is 24.0. The van der Waals surface area contributed by atoms with Gasteiger partial charge in [-0.25, -0.2) is 0 Å². The Balaban J connectivity index is 1.79. The molecular formula is C21H22O12. The Morgan fingerprint density at radius 1 is 0.879 bits per heavy atom. The minimum absolute atomic E-state index is 0.000349. The van der Waals surface area contributed by atoms with E-state index in [0.29, 0.717) is 0 Å². The van der Waals surface area contributed by atoms with E-state index in [2.05, 4.69) is 0 Å². The second kappa shape index (κ2) is 8.50. The lowest BCUT2D eigenvalue weighted by atomic mass is 9.96. The lowest BCUT2D eigenvalue weighted by Gasteiger charge is -2.40. The van der Waals surface area contributed by atoms with Crippen molar-refractivity contribution in [2.24, 2.45) is 0 Å². The van der Waals surface area contributed by atoms with Crippen LogP contribution in [-0.2, 0) is 14.2 Å². The van der Waals surface area contributed by atoms with Crippen LogP contribution in [0.2, 0.25) is 0 Å². The molecule has 0 amide bonds. The Morgan fingerprint density at radius 3 is 2.18 bits per heavy atom. The Kier molecular flexibility index (Phi) is 5.86. The highest BCUT2D eigenvalue weighted by molar-refractivity contribution is 5.72. The molecule has 12 nitrogen and oxygen atoms in total. The second-order valence-corrected chi connectivity index (χ2v) is 7.63. The number of benzene rings is 1. The fourth-order valence-corrected chi connectivity index (χ4v) is 3.63. The Bertz CT molecular complexity index is 1050. The summed E-state index contributed by atoms with van der Waals surface area (Å²) >= 11 is 0.